The Kier molecular flexibility index (Phi) is 5.42. The Labute approximate surface area is 236 Å². The van der Waals surface area contributed by atoms with Crippen LogP contribution in [0.25, 0.3) is 77.7 Å². The Morgan fingerprint density at radius 3 is 1.85 bits per heavy atom. The lowest BCUT2D eigenvalue weighted by Crippen LogP contribution is -1.88. The number of aromatic nitrogens is 3. The van der Waals surface area contributed by atoms with Crippen LogP contribution in [0.1, 0.15) is 0 Å². The van der Waals surface area contributed by atoms with Crippen LogP contribution in [0.5, 0.6) is 0 Å². The van der Waals surface area contributed by atoms with Gasteiger partial charge in [-0.05, 0) is 46.5 Å². The fraction of sp³-hybridized carbons (Fsp3) is 0. The predicted molar refractivity (Wildman–Crippen MR) is 166 cm³/mol. The number of benzene rings is 5. The van der Waals surface area contributed by atoms with Crippen LogP contribution in [0, 0.1) is 0 Å². The molecular weight excluding hydrogens is 502 g/mol. The first kappa shape index (κ1) is 23.3. The average Bonchev–Trinajstić information content (AvgIpc) is 3.44. The van der Waals surface area contributed by atoms with Gasteiger partial charge in [0.15, 0.2) is 5.58 Å². The van der Waals surface area contributed by atoms with Crippen LogP contribution >= 0.6 is 0 Å². The van der Waals surface area contributed by atoms with Crippen molar-refractivity contribution in [1.29, 1.82) is 0 Å². The van der Waals surface area contributed by atoms with Gasteiger partial charge >= 0.3 is 0 Å². The molecule has 3 heterocycles. The van der Waals surface area contributed by atoms with Gasteiger partial charge in [-0.15, -0.1) is 0 Å². The lowest BCUT2D eigenvalue weighted by atomic mass is 9.99. The molecule has 41 heavy (non-hydrogen) atoms. The summed E-state index contributed by atoms with van der Waals surface area (Å²) in [5.41, 5.74) is 12.9. The fourth-order valence-corrected chi connectivity index (χ4v) is 5.52. The first-order valence-electron chi connectivity index (χ1n) is 13.6. The molecule has 0 aliphatic heterocycles. The van der Waals surface area contributed by atoms with E-state index in [1.54, 1.807) is 0 Å². The standard InChI is InChI=1S/C37H23N3O/c1-2-7-26(8-3-1)29-9-6-10-31-35-37(41-36(29)31)30(21-22-38-35)27-17-13-24(14-18-27)25-15-19-28(20-16-25)34-23-39-32-11-4-5-12-33(32)40-34/h1-23H. The smallest absolute Gasteiger partial charge is 0.161 e. The number of furan rings is 1. The van der Waals surface area contributed by atoms with E-state index in [0.29, 0.717) is 0 Å². The molecule has 0 unspecified atom stereocenters. The molecule has 0 aliphatic carbocycles. The molecule has 0 bridgehead atoms. The van der Waals surface area contributed by atoms with Gasteiger partial charge in [0.2, 0.25) is 0 Å². The third kappa shape index (κ3) is 4.05. The molecule has 0 fully saturated rings. The summed E-state index contributed by atoms with van der Waals surface area (Å²) < 4.78 is 6.55. The Hall–Kier alpha value is -5.61. The van der Waals surface area contributed by atoms with Crippen molar-refractivity contribution in [1.82, 2.24) is 15.0 Å². The summed E-state index contributed by atoms with van der Waals surface area (Å²) >= 11 is 0. The molecular formula is C37H23N3O. The molecule has 4 nitrogen and oxygen atoms in total. The molecule has 5 aromatic carbocycles. The van der Waals surface area contributed by atoms with Gasteiger partial charge in [-0.2, -0.15) is 0 Å². The van der Waals surface area contributed by atoms with E-state index in [0.717, 1.165) is 77.7 Å². The molecule has 0 amide bonds. The van der Waals surface area contributed by atoms with Crippen molar-refractivity contribution in [2.45, 2.75) is 0 Å². The zero-order chi connectivity index (χ0) is 27.2. The van der Waals surface area contributed by atoms with E-state index >= 15 is 0 Å². The van der Waals surface area contributed by atoms with Crippen molar-refractivity contribution in [3.05, 3.63) is 140 Å². The molecule has 192 valence electrons. The lowest BCUT2D eigenvalue weighted by molar-refractivity contribution is 0.670. The van der Waals surface area contributed by atoms with Crippen LogP contribution in [0.2, 0.25) is 0 Å². The highest BCUT2D eigenvalue weighted by atomic mass is 16.3. The average molecular weight is 526 g/mol. The number of hydrogen-bond acceptors (Lipinski definition) is 4. The second kappa shape index (κ2) is 9.54. The number of hydrogen-bond donors (Lipinski definition) is 0. The van der Waals surface area contributed by atoms with Crippen LogP contribution in [-0.4, -0.2) is 15.0 Å². The normalized spacial score (nSPS) is 11.4. The van der Waals surface area contributed by atoms with Gasteiger partial charge < -0.3 is 4.42 Å². The number of pyridine rings is 1. The van der Waals surface area contributed by atoms with Gasteiger partial charge in [-0.1, -0.05) is 103 Å². The van der Waals surface area contributed by atoms with Crippen molar-refractivity contribution in [2.24, 2.45) is 0 Å². The van der Waals surface area contributed by atoms with E-state index in [1.807, 2.05) is 60.9 Å². The van der Waals surface area contributed by atoms with Crippen molar-refractivity contribution < 1.29 is 4.42 Å². The number of nitrogens with zero attached hydrogens (tertiary/aromatic N) is 3. The van der Waals surface area contributed by atoms with Gasteiger partial charge in [0.25, 0.3) is 0 Å². The largest absolute Gasteiger partial charge is 0.453 e. The summed E-state index contributed by atoms with van der Waals surface area (Å²) in [7, 11) is 0. The molecule has 0 saturated carbocycles. The summed E-state index contributed by atoms with van der Waals surface area (Å²) in [4.78, 5) is 14.0. The highest BCUT2D eigenvalue weighted by Crippen LogP contribution is 2.39. The minimum Gasteiger partial charge on any atom is -0.453 e. The van der Waals surface area contributed by atoms with Crippen LogP contribution in [0.15, 0.2) is 144 Å². The Morgan fingerprint density at radius 2 is 1.07 bits per heavy atom. The van der Waals surface area contributed by atoms with Crippen LogP contribution in [-0.2, 0) is 0 Å². The minimum absolute atomic E-state index is 0.805. The molecule has 0 radical (unpaired) electrons. The van der Waals surface area contributed by atoms with Gasteiger partial charge in [0.05, 0.1) is 22.9 Å². The van der Waals surface area contributed by atoms with Crippen molar-refractivity contribution >= 4 is 33.1 Å². The number of para-hydroxylation sites is 3. The van der Waals surface area contributed by atoms with Gasteiger partial charge in [-0.3, -0.25) is 9.97 Å². The SMILES string of the molecule is c1ccc(-c2cccc3c2oc2c(-c4ccc(-c5ccc(-c6cnc7ccccc7n6)cc5)cc4)ccnc23)cc1. The second-order valence-corrected chi connectivity index (χ2v) is 10.1. The highest BCUT2D eigenvalue weighted by Gasteiger charge is 2.16. The second-order valence-electron chi connectivity index (χ2n) is 10.1. The molecule has 8 rings (SSSR count). The van der Waals surface area contributed by atoms with Gasteiger partial charge in [0.1, 0.15) is 11.1 Å². The third-order valence-corrected chi connectivity index (χ3v) is 7.62. The van der Waals surface area contributed by atoms with E-state index in [1.165, 1.54) is 0 Å². The number of rotatable bonds is 4. The summed E-state index contributed by atoms with van der Waals surface area (Å²) in [6.45, 7) is 0. The van der Waals surface area contributed by atoms with E-state index < -0.39 is 0 Å². The molecule has 0 saturated heterocycles. The Balaban J connectivity index is 1.13. The van der Waals surface area contributed by atoms with Crippen LogP contribution < -0.4 is 0 Å². The monoisotopic (exact) mass is 525 g/mol. The zero-order valence-corrected chi connectivity index (χ0v) is 22.0. The molecule has 3 aromatic heterocycles. The van der Waals surface area contributed by atoms with E-state index in [-0.39, 0.29) is 0 Å². The third-order valence-electron chi connectivity index (χ3n) is 7.62. The molecule has 8 aromatic rings. The summed E-state index contributed by atoms with van der Waals surface area (Å²) in [5, 5.41) is 1.02. The maximum absolute atomic E-state index is 6.55. The van der Waals surface area contributed by atoms with Crippen LogP contribution in [0.3, 0.4) is 0 Å². The summed E-state index contributed by atoms with van der Waals surface area (Å²) in [5.74, 6) is 0. The lowest BCUT2D eigenvalue weighted by Gasteiger charge is -2.07. The molecule has 0 N–H and O–H groups in total. The van der Waals surface area contributed by atoms with E-state index in [9.17, 15) is 0 Å². The van der Waals surface area contributed by atoms with Crippen molar-refractivity contribution in [3.63, 3.8) is 0 Å². The Bertz CT molecular complexity index is 2180. The maximum Gasteiger partial charge on any atom is 0.161 e. The molecule has 0 spiro atoms. The van der Waals surface area contributed by atoms with E-state index in [2.05, 4.69) is 83.8 Å². The summed E-state index contributed by atoms with van der Waals surface area (Å²) in [6, 6.07) is 43.7. The van der Waals surface area contributed by atoms with Crippen LogP contribution in [0.4, 0.5) is 0 Å². The molecule has 0 atom stereocenters. The maximum atomic E-state index is 6.55. The molecule has 0 aliphatic rings. The van der Waals surface area contributed by atoms with Crippen molar-refractivity contribution in [2.75, 3.05) is 0 Å². The van der Waals surface area contributed by atoms with E-state index in [4.69, 9.17) is 14.4 Å². The quantitative estimate of drug-likeness (QED) is 0.230. The first-order chi connectivity index (χ1) is 20.3. The topological polar surface area (TPSA) is 51.8 Å². The van der Waals surface area contributed by atoms with Crippen molar-refractivity contribution in [3.8, 4) is 44.6 Å². The Morgan fingerprint density at radius 1 is 0.439 bits per heavy atom. The minimum atomic E-state index is 0.805. The first-order valence-corrected chi connectivity index (χ1v) is 13.6. The predicted octanol–water partition coefficient (Wildman–Crippen LogP) is 9.59. The molecule has 4 heteroatoms. The zero-order valence-electron chi connectivity index (χ0n) is 22.0. The fourth-order valence-electron chi connectivity index (χ4n) is 5.52. The summed E-state index contributed by atoms with van der Waals surface area (Å²) in [6.07, 6.45) is 3.70. The number of fused-ring (bicyclic) bond motifs is 4. The van der Waals surface area contributed by atoms with Gasteiger partial charge in [-0.25, -0.2) is 4.98 Å². The highest BCUT2D eigenvalue weighted by molar-refractivity contribution is 6.11. The van der Waals surface area contributed by atoms with Gasteiger partial charge in [0, 0.05) is 28.3 Å².